The molecule has 0 heterocycles. The van der Waals surface area contributed by atoms with Crippen LogP contribution in [0.4, 0.5) is 22.0 Å². The molecule has 1 aliphatic rings. The smallest absolute Gasteiger partial charge is 0.167 e. The third-order valence-corrected chi connectivity index (χ3v) is 7.63. The number of hydrogen-bond donors (Lipinski definition) is 0. The Balaban J connectivity index is 1.39. The molecule has 0 N–H and O–H groups in total. The van der Waals surface area contributed by atoms with E-state index in [9.17, 15) is 13.2 Å². The van der Waals surface area contributed by atoms with Crippen LogP contribution in [-0.2, 0) is 19.3 Å². The Morgan fingerprint density at radius 3 is 1.93 bits per heavy atom. The lowest BCUT2D eigenvalue weighted by Gasteiger charge is -2.10. The van der Waals surface area contributed by atoms with Gasteiger partial charge < -0.3 is 0 Å². The van der Waals surface area contributed by atoms with Gasteiger partial charge in [0.2, 0.25) is 0 Å². The predicted molar refractivity (Wildman–Crippen MR) is 153 cm³/mol. The van der Waals surface area contributed by atoms with Gasteiger partial charge >= 0.3 is 0 Å². The highest BCUT2D eigenvalue weighted by molar-refractivity contribution is 5.81. The number of unbranched alkanes of at least 4 members (excludes halogenated alkanes) is 2. The molecule has 0 fully saturated rings. The number of fused-ring (bicyclic) bond motifs is 3. The molecule has 40 heavy (non-hydrogen) atoms. The summed E-state index contributed by atoms with van der Waals surface area (Å²) in [5.41, 5.74) is 3.59. The van der Waals surface area contributed by atoms with E-state index >= 15 is 8.78 Å². The van der Waals surface area contributed by atoms with E-state index in [2.05, 4.69) is 19.1 Å². The van der Waals surface area contributed by atoms with Crippen LogP contribution in [0.3, 0.4) is 0 Å². The lowest BCUT2D eigenvalue weighted by Crippen LogP contribution is -2.00. The summed E-state index contributed by atoms with van der Waals surface area (Å²) < 4.78 is 74.7. The van der Waals surface area contributed by atoms with Crippen LogP contribution in [0.15, 0.2) is 54.6 Å². The van der Waals surface area contributed by atoms with Crippen molar-refractivity contribution < 1.29 is 22.0 Å². The molecule has 5 heteroatoms. The fourth-order valence-corrected chi connectivity index (χ4v) is 5.50. The van der Waals surface area contributed by atoms with Crippen molar-refractivity contribution >= 4 is 12.2 Å². The van der Waals surface area contributed by atoms with Crippen molar-refractivity contribution in [1.82, 2.24) is 0 Å². The van der Waals surface area contributed by atoms with Crippen molar-refractivity contribution in [2.24, 2.45) is 0 Å². The van der Waals surface area contributed by atoms with Gasteiger partial charge in [-0.25, -0.2) is 22.0 Å². The SMILES string of the molecule is CCCCCc1ccc(-c2ccc(C=Cc3cc4c(c(F)c3F)-c3c(cc(CCC)c(F)c3F)C4)c(F)c2)cc1. The van der Waals surface area contributed by atoms with Gasteiger partial charge in [-0.1, -0.05) is 87.7 Å². The maximum atomic E-state index is 15.2. The van der Waals surface area contributed by atoms with Crippen LogP contribution in [0.1, 0.15) is 72.9 Å². The van der Waals surface area contributed by atoms with E-state index in [1.54, 1.807) is 18.2 Å². The van der Waals surface area contributed by atoms with E-state index in [4.69, 9.17) is 0 Å². The lowest BCUT2D eigenvalue weighted by molar-refractivity contribution is 0.494. The van der Waals surface area contributed by atoms with Gasteiger partial charge in [0.05, 0.1) is 0 Å². The summed E-state index contributed by atoms with van der Waals surface area (Å²) in [6, 6.07) is 15.9. The Kier molecular flexibility index (Phi) is 8.20. The van der Waals surface area contributed by atoms with Crippen molar-refractivity contribution in [1.29, 1.82) is 0 Å². The lowest BCUT2D eigenvalue weighted by atomic mass is 9.98. The van der Waals surface area contributed by atoms with E-state index in [1.165, 1.54) is 42.7 Å². The monoisotopic (exact) mass is 546 g/mol. The standard InChI is InChI=1S/C35H31F5/c1-3-5-6-8-21-9-11-22(12-10-21)24-15-13-23(29(36)20-24)14-16-26-18-28-19-27-17-25(7-4-2)32(37)34(39)30(27)31(28)35(40)33(26)38/h9-18,20H,3-8,19H2,1-2H3. The fraction of sp³-hybridized carbons (Fsp3) is 0.257. The second-order valence-corrected chi connectivity index (χ2v) is 10.5. The summed E-state index contributed by atoms with van der Waals surface area (Å²) >= 11 is 0. The van der Waals surface area contributed by atoms with E-state index < -0.39 is 29.1 Å². The van der Waals surface area contributed by atoms with E-state index in [0.29, 0.717) is 24.0 Å². The molecule has 0 saturated heterocycles. The number of benzene rings is 4. The molecule has 0 radical (unpaired) electrons. The largest absolute Gasteiger partial charge is 0.206 e. The zero-order valence-corrected chi connectivity index (χ0v) is 22.7. The maximum absolute atomic E-state index is 15.2. The molecule has 0 atom stereocenters. The Bertz CT molecular complexity index is 1580. The molecule has 0 nitrogen and oxygen atoms in total. The number of aryl methyl sites for hydroxylation is 2. The van der Waals surface area contributed by atoms with Gasteiger partial charge in [-0.15, -0.1) is 0 Å². The first-order valence-electron chi connectivity index (χ1n) is 13.9. The predicted octanol–water partition coefficient (Wildman–Crippen LogP) is 10.5. The van der Waals surface area contributed by atoms with Crippen LogP contribution < -0.4 is 0 Å². The minimum Gasteiger partial charge on any atom is -0.206 e. The molecule has 0 bridgehead atoms. The van der Waals surface area contributed by atoms with E-state index in [1.807, 2.05) is 19.1 Å². The van der Waals surface area contributed by atoms with Crippen molar-refractivity contribution in [3.8, 4) is 22.3 Å². The van der Waals surface area contributed by atoms with Gasteiger partial charge in [0.15, 0.2) is 23.3 Å². The summed E-state index contributed by atoms with van der Waals surface area (Å²) in [6.45, 7) is 4.03. The van der Waals surface area contributed by atoms with Crippen molar-refractivity contribution in [2.75, 3.05) is 0 Å². The molecule has 206 valence electrons. The minimum atomic E-state index is -1.23. The van der Waals surface area contributed by atoms with Crippen LogP contribution in [-0.4, -0.2) is 0 Å². The van der Waals surface area contributed by atoms with Gasteiger partial charge in [-0.2, -0.15) is 0 Å². The molecule has 5 rings (SSSR count). The Labute approximate surface area is 232 Å². The maximum Gasteiger partial charge on any atom is 0.167 e. The average Bonchev–Trinajstić information content (AvgIpc) is 3.32. The molecule has 0 spiro atoms. The molecule has 4 aromatic rings. The van der Waals surface area contributed by atoms with Gasteiger partial charge in [-0.05, 0) is 71.2 Å². The van der Waals surface area contributed by atoms with Gasteiger partial charge in [-0.3, -0.25) is 0 Å². The minimum absolute atomic E-state index is 0.0825. The van der Waals surface area contributed by atoms with E-state index in [0.717, 1.165) is 24.0 Å². The summed E-state index contributed by atoms with van der Waals surface area (Å²) in [5.74, 6) is -5.06. The number of hydrogen-bond acceptors (Lipinski definition) is 0. The van der Waals surface area contributed by atoms with Crippen LogP contribution in [0.25, 0.3) is 34.4 Å². The summed E-state index contributed by atoms with van der Waals surface area (Å²) in [5, 5.41) is 0. The molecule has 0 unspecified atom stereocenters. The first kappa shape index (κ1) is 27.8. The second-order valence-electron chi connectivity index (χ2n) is 10.5. The molecular formula is C35H31F5. The Hall–Kier alpha value is -3.73. The highest BCUT2D eigenvalue weighted by atomic mass is 19.2. The third kappa shape index (κ3) is 5.34. The molecule has 4 aromatic carbocycles. The average molecular weight is 547 g/mol. The van der Waals surface area contributed by atoms with Crippen molar-refractivity contribution in [2.45, 2.75) is 58.8 Å². The van der Waals surface area contributed by atoms with Crippen LogP contribution >= 0.6 is 0 Å². The topological polar surface area (TPSA) is 0 Å². The Morgan fingerprint density at radius 2 is 1.25 bits per heavy atom. The Morgan fingerprint density at radius 1 is 0.600 bits per heavy atom. The first-order chi connectivity index (χ1) is 19.3. The van der Waals surface area contributed by atoms with E-state index in [-0.39, 0.29) is 34.2 Å². The molecule has 0 saturated carbocycles. The normalized spacial score (nSPS) is 12.3. The summed E-state index contributed by atoms with van der Waals surface area (Å²) in [4.78, 5) is 0. The summed E-state index contributed by atoms with van der Waals surface area (Å²) in [7, 11) is 0. The molecule has 0 aromatic heterocycles. The quantitative estimate of drug-likeness (QED) is 0.0980. The van der Waals surface area contributed by atoms with Crippen LogP contribution in [0.2, 0.25) is 0 Å². The number of rotatable bonds is 9. The van der Waals surface area contributed by atoms with Crippen molar-refractivity contribution in [3.63, 3.8) is 0 Å². The molecule has 1 aliphatic carbocycles. The highest BCUT2D eigenvalue weighted by Crippen LogP contribution is 2.43. The fourth-order valence-electron chi connectivity index (χ4n) is 5.50. The summed E-state index contributed by atoms with van der Waals surface area (Å²) in [6.07, 6.45) is 8.36. The first-order valence-corrected chi connectivity index (χ1v) is 13.9. The zero-order chi connectivity index (χ0) is 28.4. The number of halogens is 5. The van der Waals surface area contributed by atoms with Gasteiger partial charge in [0.1, 0.15) is 5.82 Å². The van der Waals surface area contributed by atoms with Crippen molar-refractivity contribution in [3.05, 3.63) is 117 Å². The highest BCUT2D eigenvalue weighted by Gasteiger charge is 2.31. The van der Waals surface area contributed by atoms with Crippen LogP contribution in [0.5, 0.6) is 0 Å². The molecule has 0 amide bonds. The molecule has 0 aliphatic heterocycles. The zero-order valence-electron chi connectivity index (χ0n) is 22.7. The second kappa shape index (κ2) is 11.8. The third-order valence-electron chi connectivity index (χ3n) is 7.63. The van der Waals surface area contributed by atoms with Crippen LogP contribution in [0, 0.1) is 29.1 Å². The molecular weight excluding hydrogens is 515 g/mol. The van der Waals surface area contributed by atoms with Gasteiger partial charge in [0.25, 0.3) is 0 Å². The van der Waals surface area contributed by atoms with Gasteiger partial charge in [0, 0.05) is 22.3 Å².